The van der Waals surface area contributed by atoms with Gasteiger partial charge in [-0.3, -0.25) is 9.79 Å². The summed E-state index contributed by atoms with van der Waals surface area (Å²) in [5.74, 6) is -0.141. The minimum atomic E-state index is -0.654. The SMILES string of the molecule is CN(C)CCN(C(=O)Cc1ccccc1)c1ccc(N=C(CCOC(=O)n2c(O)cc3ccccc32)c2ccccc2)cc1. The Labute approximate surface area is 257 Å². The lowest BCUT2D eigenvalue weighted by atomic mass is 10.1. The number of anilines is 1. The second-order valence-electron chi connectivity index (χ2n) is 10.7. The van der Waals surface area contributed by atoms with E-state index in [1.807, 2.05) is 116 Å². The number of carbonyl (C=O) groups is 2. The van der Waals surface area contributed by atoms with Crippen LogP contribution >= 0.6 is 0 Å². The summed E-state index contributed by atoms with van der Waals surface area (Å²) >= 11 is 0. The lowest BCUT2D eigenvalue weighted by molar-refractivity contribution is -0.118. The normalized spacial score (nSPS) is 11.6. The summed E-state index contributed by atoms with van der Waals surface area (Å²) in [5, 5.41) is 11.1. The predicted octanol–water partition coefficient (Wildman–Crippen LogP) is 6.68. The van der Waals surface area contributed by atoms with Crippen molar-refractivity contribution in [1.29, 1.82) is 0 Å². The van der Waals surface area contributed by atoms with Gasteiger partial charge in [0.15, 0.2) is 0 Å². The monoisotopic (exact) mass is 588 g/mol. The van der Waals surface area contributed by atoms with Gasteiger partial charge in [0.2, 0.25) is 11.8 Å². The number of aliphatic imine (C=N–C) groups is 1. The third-order valence-electron chi connectivity index (χ3n) is 7.24. The van der Waals surface area contributed by atoms with E-state index < -0.39 is 6.09 Å². The summed E-state index contributed by atoms with van der Waals surface area (Å²) in [7, 11) is 3.98. The van der Waals surface area contributed by atoms with Crippen LogP contribution in [0.2, 0.25) is 0 Å². The molecule has 1 aromatic heterocycles. The molecule has 8 nitrogen and oxygen atoms in total. The first kappa shape index (κ1) is 30.3. The zero-order valence-electron chi connectivity index (χ0n) is 25.0. The van der Waals surface area contributed by atoms with Crippen molar-refractivity contribution in [2.24, 2.45) is 4.99 Å². The fraction of sp³-hybridized carbons (Fsp3) is 0.194. The number of amides is 1. The van der Waals surface area contributed by atoms with Crippen LogP contribution < -0.4 is 4.90 Å². The third kappa shape index (κ3) is 7.59. The molecule has 224 valence electrons. The van der Waals surface area contributed by atoms with Gasteiger partial charge in [-0.05, 0) is 55.6 Å². The minimum Gasteiger partial charge on any atom is -0.494 e. The average Bonchev–Trinajstić information content (AvgIpc) is 3.37. The summed E-state index contributed by atoms with van der Waals surface area (Å²) in [6, 6.07) is 35.9. The Morgan fingerprint density at radius 1 is 0.818 bits per heavy atom. The molecule has 0 saturated heterocycles. The van der Waals surface area contributed by atoms with E-state index in [1.54, 1.807) is 12.1 Å². The van der Waals surface area contributed by atoms with Crippen molar-refractivity contribution in [2.75, 3.05) is 38.7 Å². The van der Waals surface area contributed by atoms with E-state index in [9.17, 15) is 14.7 Å². The minimum absolute atomic E-state index is 0.0302. The average molecular weight is 589 g/mol. The number of ether oxygens (including phenoxy) is 1. The number of hydrogen-bond acceptors (Lipinski definition) is 6. The lowest BCUT2D eigenvalue weighted by Gasteiger charge is -2.25. The largest absolute Gasteiger partial charge is 0.494 e. The first-order chi connectivity index (χ1) is 21.4. The number of para-hydroxylation sites is 1. The van der Waals surface area contributed by atoms with Crippen LogP contribution in [-0.4, -0.2) is 66.1 Å². The maximum atomic E-state index is 13.3. The quantitative estimate of drug-likeness (QED) is 0.174. The van der Waals surface area contributed by atoms with Crippen LogP contribution in [0.3, 0.4) is 0 Å². The van der Waals surface area contributed by atoms with Gasteiger partial charge in [0, 0.05) is 36.7 Å². The Balaban J connectivity index is 1.32. The van der Waals surface area contributed by atoms with E-state index in [0.717, 1.165) is 44.7 Å². The number of aromatic nitrogens is 1. The van der Waals surface area contributed by atoms with Gasteiger partial charge in [0.05, 0.1) is 29.9 Å². The van der Waals surface area contributed by atoms with E-state index in [1.165, 1.54) is 6.07 Å². The Hall–Kier alpha value is -5.21. The summed E-state index contributed by atoms with van der Waals surface area (Å²) in [4.78, 5) is 35.0. The number of carbonyl (C=O) groups excluding carboxylic acids is 2. The van der Waals surface area contributed by atoms with Gasteiger partial charge in [-0.15, -0.1) is 0 Å². The topological polar surface area (TPSA) is 87.4 Å². The fourth-order valence-corrected chi connectivity index (χ4v) is 4.95. The van der Waals surface area contributed by atoms with E-state index in [-0.39, 0.29) is 18.4 Å². The number of fused-ring (bicyclic) bond motifs is 1. The molecule has 5 rings (SSSR count). The van der Waals surface area contributed by atoms with E-state index in [0.29, 0.717) is 24.9 Å². The van der Waals surface area contributed by atoms with E-state index >= 15 is 0 Å². The molecular formula is C36H36N4O4. The van der Waals surface area contributed by atoms with Gasteiger partial charge in [0.25, 0.3) is 0 Å². The zero-order chi connectivity index (χ0) is 30.9. The number of rotatable bonds is 11. The maximum Gasteiger partial charge on any atom is 0.421 e. The summed E-state index contributed by atoms with van der Waals surface area (Å²) in [6.45, 7) is 1.37. The zero-order valence-corrected chi connectivity index (χ0v) is 25.0. The fourth-order valence-electron chi connectivity index (χ4n) is 4.95. The third-order valence-corrected chi connectivity index (χ3v) is 7.24. The second-order valence-corrected chi connectivity index (χ2v) is 10.7. The van der Waals surface area contributed by atoms with Crippen LogP contribution in [0.1, 0.15) is 17.5 Å². The Morgan fingerprint density at radius 3 is 2.18 bits per heavy atom. The number of benzene rings is 4. The molecule has 0 aliphatic heterocycles. The Kier molecular flexibility index (Phi) is 9.84. The first-order valence-electron chi connectivity index (χ1n) is 14.6. The smallest absolute Gasteiger partial charge is 0.421 e. The van der Waals surface area contributed by atoms with Crippen LogP contribution in [0, 0.1) is 0 Å². The number of aromatic hydroxyl groups is 1. The van der Waals surface area contributed by atoms with E-state index in [2.05, 4.69) is 4.90 Å². The van der Waals surface area contributed by atoms with Crippen LogP contribution in [0.5, 0.6) is 5.88 Å². The van der Waals surface area contributed by atoms with Crippen molar-refractivity contribution >= 4 is 40.0 Å². The Morgan fingerprint density at radius 2 is 1.48 bits per heavy atom. The molecule has 0 spiro atoms. The Bertz CT molecular complexity index is 1730. The molecule has 1 heterocycles. The van der Waals surface area contributed by atoms with Gasteiger partial charge >= 0.3 is 6.09 Å². The molecule has 8 heteroatoms. The standard InChI is InChI=1S/C36H36N4O4/c1-38(2)22-23-39(34(41)25-27-11-5-3-6-12-27)31-19-17-30(18-20-31)37-32(28-13-7-4-8-14-28)21-24-44-36(43)40-33-16-10-9-15-29(33)26-35(40)42/h3-20,26,42H,21-25H2,1-2H3. The molecule has 0 atom stereocenters. The molecule has 0 aliphatic rings. The second kappa shape index (κ2) is 14.3. The van der Waals surface area contributed by atoms with E-state index in [4.69, 9.17) is 9.73 Å². The highest BCUT2D eigenvalue weighted by Crippen LogP contribution is 2.25. The molecule has 0 bridgehead atoms. The summed E-state index contributed by atoms with van der Waals surface area (Å²) in [5.41, 5.74) is 4.73. The molecule has 1 N–H and O–H groups in total. The first-order valence-corrected chi connectivity index (χ1v) is 14.6. The van der Waals surface area contributed by atoms with Crippen LogP contribution in [0.25, 0.3) is 10.9 Å². The van der Waals surface area contributed by atoms with Gasteiger partial charge in [-0.25, -0.2) is 9.36 Å². The molecule has 1 amide bonds. The van der Waals surface area contributed by atoms with Crippen molar-refractivity contribution in [2.45, 2.75) is 12.8 Å². The predicted molar refractivity (Wildman–Crippen MR) is 175 cm³/mol. The van der Waals surface area contributed by atoms with Gasteiger partial charge in [-0.1, -0.05) is 78.9 Å². The molecule has 0 fully saturated rings. The molecule has 5 aromatic rings. The van der Waals surface area contributed by atoms with Crippen molar-refractivity contribution in [3.8, 4) is 5.88 Å². The van der Waals surface area contributed by atoms with Gasteiger partial charge in [0.1, 0.15) is 0 Å². The highest BCUT2D eigenvalue weighted by atomic mass is 16.6. The van der Waals surface area contributed by atoms with Crippen molar-refractivity contribution in [3.63, 3.8) is 0 Å². The molecule has 0 aliphatic carbocycles. The van der Waals surface area contributed by atoms with Crippen molar-refractivity contribution < 1.29 is 19.4 Å². The molecule has 4 aromatic carbocycles. The summed E-state index contributed by atoms with van der Waals surface area (Å²) in [6.07, 6.45) is 0.0299. The van der Waals surface area contributed by atoms with Gasteiger partial charge < -0.3 is 19.6 Å². The van der Waals surface area contributed by atoms with Crippen molar-refractivity contribution in [1.82, 2.24) is 9.47 Å². The molecular weight excluding hydrogens is 552 g/mol. The van der Waals surface area contributed by atoms with Crippen LogP contribution in [0.15, 0.2) is 120 Å². The number of likely N-dealkylation sites (N-methyl/N-ethyl adjacent to an activating group) is 1. The molecule has 44 heavy (non-hydrogen) atoms. The number of hydrogen-bond donors (Lipinski definition) is 1. The number of nitrogens with zero attached hydrogens (tertiary/aromatic N) is 4. The molecule has 0 saturated carbocycles. The summed E-state index contributed by atoms with van der Waals surface area (Å²) < 4.78 is 6.73. The maximum absolute atomic E-state index is 13.3. The lowest BCUT2D eigenvalue weighted by Crippen LogP contribution is -2.37. The highest BCUT2D eigenvalue weighted by molar-refractivity contribution is 6.02. The van der Waals surface area contributed by atoms with Crippen molar-refractivity contribution in [3.05, 3.63) is 126 Å². The molecule has 0 radical (unpaired) electrons. The van der Waals surface area contributed by atoms with Crippen LogP contribution in [-0.2, 0) is 16.0 Å². The molecule has 0 unspecified atom stereocenters. The highest BCUT2D eigenvalue weighted by Gasteiger charge is 2.18. The van der Waals surface area contributed by atoms with Crippen LogP contribution in [0.4, 0.5) is 16.2 Å². The van der Waals surface area contributed by atoms with Gasteiger partial charge in [-0.2, -0.15) is 0 Å².